The summed E-state index contributed by atoms with van der Waals surface area (Å²) in [6.07, 6.45) is 5.41. The van der Waals surface area contributed by atoms with E-state index in [0.29, 0.717) is 32.7 Å². The molecule has 0 bridgehead atoms. The maximum atomic E-state index is 13.7. The van der Waals surface area contributed by atoms with Gasteiger partial charge in [0.2, 0.25) is 5.91 Å². The maximum Gasteiger partial charge on any atom is 0.277 e. The quantitative estimate of drug-likeness (QED) is 0.607. The SMILES string of the molecule is CC1(F)CN(C(=O)Cn2ccn3c(C4CC4)nc(-c4ccc(Cl)c(Cl)c4)c3c2=O)C1. The van der Waals surface area contributed by atoms with E-state index in [-0.39, 0.29) is 31.1 Å². The molecule has 1 saturated carbocycles. The van der Waals surface area contributed by atoms with Crippen molar-refractivity contribution in [3.05, 3.63) is 56.8 Å². The molecule has 6 nitrogen and oxygen atoms in total. The monoisotopic (exact) mass is 448 g/mol. The molecule has 156 valence electrons. The number of hydrogen-bond donors (Lipinski definition) is 0. The zero-order valence-corrected chi connectivity index (χ0v) is 17.8. The Bertz CT molecular complexity index is 1240. The highest BCUT2D eigenvalue weighted by molar-refractivity contribution is 6.42. The Morgan fingerprint density at radius 2 is 1.97 bits per heavy atom. The van der Waals surface area contributed by atoms with Gasteiger partial charge < -0.3 is 9.47 Å². The molecular weight excluding hydrogens is 430 g/mol. The minimum Gasteiger partial charge on any atom is -0.335 e. The molecule has 9 heteroatoms. The molecule has 0 spiro atoms. The molecule has 1 aliphatic carbocycles. The van der Waals surface area contributed by atoms with Crippen LogP contribution in [0, 0.1) is 0 Å². The number of fused-ring (bicyclic) bond motifs is 1. The number of alkyl halides is 1. The van der Waals surface area contributed by atoms with E-state index in [4.69, 9.17) is 28.2 Å². The number of likely N-dealkylation sites (tertiary alicyclic amines) is 1. The summed E-state index contributed by atoms with van der Waals surface area (Å²) in [7, 11) is 0. The summed E-state index contributed by atoms with van der Waals surface area (Å²) < 4.78 is 16.9. The number of halogens is 3. The summed E-state index contributed by atoms with van der Waals surface area (Å²) in [5.41, 5.74) is -0.0798. The van der Waals surface area contributed by atoms with Gasteiger partial charge in [0, 0.05) is 23.9 Å². The molecule has 30 heavy (non-hydrogen) atoms. The van der Waals surface area contributed by atoms with Gasteiger partial charge in [0.25, 0.3) is 5.56 Å². The average Bonchev–Trinajstić information content (AvgIpc) is 3.44. The largest absolute Gasteiger partial charge is 0.335 e. The van der Waals surface area contributed by atoms with Crippen LogP contribution in [-0.4, -0.2) is 43.5 Å². The number of nitrogens with zero attached hydrogens (tertiary/aromatic N) is 4. The fraction of sp³-hybridized carbons (Fsp3) is 0.381. The predicted molar refractivity (Wildman–Crippen MR) is 113 cm³/mol. The second kappa shape index (κ2) is 6.82. The Morgan fingerprint density at radius 3 is 2.60 bits per heavy atom. The average molecular weight is 449 g/mol. The summed E-state index contributed by atoms with van der Waals surface area (Å²) in [4.78, 5) is 32.0. The van der Waals surface area contributed by atoms with Crippen LogP contribution in [0.4, 0.5) is 4.39 Å². The minimum absolute atomic E-state index is 0.0515. The lowest BCUT2D eigenvalue weighted by Gasteiger charge is -2.42. The molecule has 0 N–H and O–H groups in total. The van der Waals surface area contributed by atoms with Crippen LogP contribution in [-0.2, 0) is 11.3 Å². The van der Waals surface area contributed by atoms with Crippen molar-refractivity contribution < 1.29 is 9.18 Å². The van der Waals surface area contributed by atoms with E-state index in [0.717, 1.165) is 18.7 Å². The molecule has 1 amide bonds. The molecule has 0 atom stereocenters. The van der Waals surface area contributed by atoms with Crippen molar-refractivity contribution in [2.24, 2.45) is 0 Å². The van der Waals surface area contributed by atoms with Crippen LogP contribution in [0.25, 0.3) is 16.8 Å². The number of aromatic nitrogens is 3. The van der Waals surface area contributed by atoms with Gasteiger partial charge >= 0.3 is 0 Å². The van der Waals surface area contributed by atoms with E-state index in [1.807, 2.05) is 0 Å². The third-order valence-electron chi connectivity index (χ3n) is 5.63. The summed E-state index contributed by atoms with van der Waals surface area (Å²) in [5, 5.41) is 0.797. The highest BCUT2D eigenvalue weighted by atomic mass is 35.5. The number of hydrogen-bond acceptors (Lipinski definition) is 3. The third-order valence-corrected chi connectivity index (χ3v) is 6.37. The van der Waals surface area contributed by atoms with Crippen molar-refractivity contribution in [1.29, 1.82) is 0 Å². The molecule has 0 unspecified atom stereocenters. The lowest BCUT2D eigenvalue weighted by Crippen LogP contribution is -2.60. The van der Waals surface area contributed by atoms with E-state index in [2.05, 4.69) is 0 Å². The topological polar surface area (TPSA) is 59.6 Å². The first-order valence-corrected chi connectivity index (χ1v) is 10.5. The Balaban J connectivity index is 1.58. The summed E-state index contributed by atoms with van der Waals surface area (Å²) in [6, 6.07) is 5.13. The second-order valence-electron chi connectivity index (χ2n) is 8.33. The van der Waals surface area contributed by atoms with Crippen molar-refractivity contribution in [2.45, 2.75) is 37.9 Å². The van der Waals surface area contributed by atoms with Gasteiger partial charge in [-0.25, -0.2) is 9.37 Å². The van der Waals surface area contributed by atoms with E-state index in [1.165, 1.54) is 16.4 Å². The van der Waals surface area contributed by atoms with Gasteiger partial charge in [0.15, 0.2) is 0 Å². The van der Waals surface area contributed by atoms with Crippen LogP contribution in [0.3, 0.4) is 0 Å². The van der Waals surface area contributed by atoms with Gasteiger partial charge in [-0.15, -0.1) is 0 Å². The number of amides is 1. The van der Waals surface area contributed by atoms with Crippen molar-refractivity contribution >= 4 is 34.6 Å². The van der Waals surface area contributed by atoms with Crippen molar-refractivity contribution in [2.75, 3.05) is 13.1 Å². The Morgan fingerprint density at radius 1 is 1.23 bits per heavy atom. The van der Waals surface area contributed by atoms with Crippen LogP contribution in [0.1, 0.15) is 31.5 Å². The smallest absolute Gasteiger partial charge is 0.277 e. The molecule has 2 fully saturated rings. The molecule has 1 saturated heterocycles. The molecule has 1 aromatic carbocycles. The van der Waals surface area contributed by atoms with Gasteiger partial charge in [-0.05, 0) is 31.9 Å². The molecule has 3 heterocycles. The van der Waals surface area contributed by atoms with Crippen LogP contribution < -0.4 is 5.56 Å². The van der Waals surface area contributed by atoms with Gasteiger partial charge in [0.1, 0.15) is 29.2 Å². The van der Waals surface area contributed by atoms with Gasteiger partial charge in [-0.3, -0.25) is 14.0 Å². The summed E-state index contributed by atoms with van der Waals surface area (Å²) >= 11 is 12.2. The van der Waals surface area contributed by atoms with E-state index < -0.39 is 5.67 Å². The van der Waals surface area contributed by atoms with Crippen LogP contribution in [0.2, 0.25) is 10.0 Å². The Labute approximate surface area is 181 Å². The first kappa shape index (κ1) is 19.6. The lowest BCUT2D eigenvalue weighted by molar-refractivity contribution is -0.144. The molecule has 0 radical (unpaired) electrons. The van der Waals surface area contributed by atoms with Crippen LogP contribution >= 0.6 is 23.2 Å². The number of benzene rings is 1. The highest BCUT2D eigenvalue weighted by Gasteiger charge is 2.41. The zero-order chi connectivity index (χ0) is 21.2. The molecule has 2 aromatic heterocycles. The van der Waals surface area contributed by atoms with Crippen molar-refractivity contribution in [3.63, 3.8) is 0 Å². The predicted octanol–water partition coefficient (Wildman–Crippen LogP) is 3.92. The van der Waals surface area contributed by atoms with Gasteiger partial charge in [0.05, 0.1) is 23.1 Å². The summed E-state index contributed by atoms with van der Waals surface area (Å²) in [5.74, 6) is 0.862. The number of imidazole rings is 1. The van der Waals surface area contributed by atoms with E-state index >= 15 is 0 Å². The Hall–Kier alpha value is -2.38. The first-order chi connectivity index (χ1) is 14.2. The summed E-state index contributed by atoms with van der Waals surface area (Å²) in [6.45, 7) is 1.42. The van der Waals surface area contributed by atoms with Gasteiger partial charge in [-0.2, -0.15) is 0 Å². The molecular formula is C21H19Cl2FN4O2. The normalized spacial score (nSPS) is 17.9. The number of carbonyl (C=O) groups is 1. The van der Waals surface area contributed by atoms with E-state index in [9.17, 15) is 14.0 Å². The first-order valence-electron chi connectivity index (χ1n) is 9.77. The number of rotatable bonds is 4. The minimum atomic E-state index is -1.35. The maximum absolute atomic E-state index is 13.7. The molecule has 2 aliphatic rings. The standard InChI is InChI=1S/C21H19Cl2FN4O2/c1-21(24)10-27(11-21)16(29)9-26-6-7-28-18(20(26)30)17(25-19(28)12-2-3-12)13-4-5-14(22)15(23)8-13/h4-8,12H,2-3,9-11H2,1H3. The number of carbonyl (C=O) groups excluding carboxylic acids is 1. The van der Waals surface area contributed by atoms with Crippen LogP contribution in [0.15, 0.2) is 35.4 Å². The van der Waals surface area contributed by atoms with E-state index in [1.54, 1.807) is 35.0 Å². The Kier molecular flexibility index (Phi) is 4.45. The fourth-order valence-corrected chi connectivity index (χ4v) is 4.22. The van der Waals surface area contributed by atoms with Crippen LogP contribution in [0.5, 0.6) is 0 Å². The highest BCUT2D eigenvalue weighted by Crippen LogP contribution is 2.41. The van der Waals surface area contributed by atoms with Crippen molar-refractivity contribution in [3.8, 4) is 11.3 Å². The molecule has 1 aliphatic heterocycles. The van der Waals surface area contributed by atoms with Gasteiger partial charge in [-0.1, -0.05) is 29.3 Å². The third kappa shape index (κ3) is 3.30. The lowest BCUT2D eigenvalue weighted by atomic mass is 9.99. The second-order valence-corrected chi connectivity index (χ2v) is 9.15. The molecule has 5 rings (SSSR count). The van der Waals surface area contributed by atoms with Crippen molar-refractivity contribution in [1.82, 2.24) is 18.9 Å². The zero-order valence-electron chi connectivity index (χ0n) is 16.2. The molecule has 3 aromatic rings. The fourth-order valence-electron chi connectivity index (χ4n) is 3.93.